The van der Waals surface area contributed by atoms with E-state index in [2.05, 4.69) is 27.6 Å². The number of nitrogens with zero attached hydrogens (tertiary/aromatic N) is 1. The van der Waals surface area contributed by atoms with Crippen LogP contribution in [0, 0.1) is 5.82 Å². The zero-order valence-electron chi connectivity index (χ0n) is 8.04. The van der Waals surface area contributed by atoms with Crippen LogP contribution in [-0.4, -0.2) is 19.6 Å². The average molecular weight is 321 g/mol. The van der Waals surface area contributed by atoms with E-state index in [1.54, 1.807) is 6.07 Å². The molecule has 0 spiro atoms. The third-order valence-corrected chi connectivity index (χ3v) is 3.37. The van der Waals surface area contributed by atoms with Crippen LogP contribution >= 0.6 is 22.9 Å². The molecule has 3 nitrogen and oxygen atoms in total. The lowest BCUT2D eigenvalue weighted by molar-refractivity contribution is -0.141. The van der Waals surface area contributed by atoms with E-state index in [1.807, 2.05) is 3.11 Å². The number of hydrogen-bond donors (Lipinski definition) is 0. The third-order valence-electron chi connectivity index (χ3n) is 2.45. The molecule has 0 N–H and O–H groups in total. The predicted octanol–water partition coefficient (Wildman–Crippen LogP) is 2.25. The molecular formula is C10H9FINO2. The van der Waals surface area contributed by atoms with Gasteiger partial charge in [0.25, 0.3) is 0 Å². The van der Waals surface area contributed by atoms with Crippen molar-refractivity contribution in [3.63, 3.8) is 0 Å². The summed E-state index contributed by atoms with van der Waals surface area (Å²) < 4.78 is 19.6. The van der Waals surface area contributed by atoms with Gasteiger partial charge in [-0.3, -0.25) is 4.79 Å². The van der Waals surface area contributed by atoms with Crippen molar-refractivity contribution in [1.82, 2.24) is 0 Å². The summed E-state index contributed by atoms with van der Waals surface area (Å²) >= 11 is 2.10. The van der Waals surface area contributed by atoms with Gasteiger partial charge in [-0.25, -0.2) is 4.39 Å². The molecule has 1 heterocycles. The molecule has 1 aromatic rings. The van der Waals surface area contributed by atoms with E-state index < -0.39 is 0 Å². The van der Waals surface area contributed by atoms with Crippen molar-refractivity contribution in [3.05, 3.63) is 29.6 Å². The first-order valence-corrected chi connectivity index (χ1v) is 5.40. The first-order chi connectivity index (χ1) is 7.13. The van der Waals surface area contributed by atoms with E-state index in [9.17, 15) is 9.18 Å². The standard InChI is InChI=1S/C10H9FINO2/c1-15-10(14)8-5-13(12)9-3-2-6(11)4-7(8)9/h2-4,8H,5H2,1H3. The van der Waals surface area contributed by atoms with Gasteiger partial charge in [0.2, 0.25) is 0 Å². The number of benzene rings is 1. The number of carbonyl (C=O) groups is 1. The number of esters is 1. The highest BCUT2D eigenvalue weighted by molar-refractivity contribution is 14.1. The van der Waals surface area contributed by atoms with Gasteiger partial charge in [-0.15, -0.1) is 0 Å². The van der Waals surface area contributed by atoms with Gasteiger partial charge >= 0.3 is 5.97 Å². The molecule has 0 saturated carbocycles. The summed E-state index contributed by atoms with van der Waals surface area (Å²) in [6, 6.07) is 4.47. The summed E-state index contributed by atoms with van der Waals surface area (Å²) in [5, 5.41) is 0. The van der Waals surface area contributed by atoms with Gasteiger partial charge in [0, 0.05) is 6.54 Å². The minimum atomic E-state index is -0.377. The summed E-state index contributed by atoms with van der Waals surface area (Å²) in [4.78, 5) is 11.5. The number of methoxy groups -OCH3 is 1. The molecule has 80 valence electrons. The molecule has 0 bridgehead atoms. The Balaban J connectivity index is 2.44. The largest absolute Gasteiger partial charge is 0.468 e. The molecule has 0 aromatic heterocycles. The summed E-state index contributed by atoms with van der Waals surface area (Å²) in [6.07, 6.45) is 0. The topological polar surface area (TPSA) is 29.5 Å². The molecule has 1 unspecified atom stereocenters. The van der Waals surface area contributed by atoms with Gasteiger partial charge in [-0.1, -0.05) is 0 Å². The van der Waals surface area contributed by atoms with Crippen LogP contribution < -0.4 is 3.11 Å². The normalized spacial score (nSPS) is 18.9. The number of hydrogen-bond acceptors (Lipinski definition) is 3. The molecule has 1 atom stereocenters. The summed E-state index contributed by atoms with van der Waals surface area (Å²) in [7, 11) is 1.34. The zero-order chi connectivity index (χ0) is 11.0. The number of rotatable bonds is 1. The van der Waals surface area contributed by atoms with Crippen molar-refractivity contribution in [2.45, 2.75) is 5.92 Å². The maximum Gasteiger partial charge on any atom is 0.315 e. The molecule has 0 saturated heterocycles. The van der Waals surface area contributed by atoms with Crippen LogP contribution in [0.25, 0.3) is 0 Å². The number of carbonyl (C=O) groups excluding carboxylic acids is 1. The SMILES string of the molecule is COC(=O)C1CN(I)c2ccc(F)cc21. The van der Waals surface area contributed by atoms with Gasteiger partial charge in [0.15, 0.2) is 0 Å². The van der Waals surface area contributed by atoms with E-state index in [0.29, 0.717) is 12.1 Å². The molecule has 15 heavy (non-hydrogen) atoms. The number of halogens is 2. The van der Waals surface area contributed by atoms with E-state index in [1.165, 1.54) is 19.2 Å². The second-order valence-electron chi connectivity index (χ2n) is 3.32. The van der Waals surface area contributed by atoms with Crippen molar-refractivity contribution < 1.29 is 13.9 Å². The van der Waals surface area contributed by atoms with Crippen molar-refractivity contribution in [2.24, 2.45) is 0 Å². The molecule has 0 radical (unpaired) electrons. The molecule has 0 amide bonds. The van der Waals surface area contributed by atoms with Crippen molar-refractivity contribution in [3.8, 4) is 0 Å². The quantitative estimate of drug-likeness (QED) is 0.451. The second kappa shape index (κ2) is 3.96. The Morgan fingerprint density at radius 2 is 2.40 bits per heavy atom. The lowest BCUT2D eigenvalue weighted by atomic mass is 10.0. The van der Waals surface area contributed by atoms with E-state index >= 15 is 0 Å². The third kappa shape index (κ3) is 1.80. The Kier molecular flexibility index (Phi) is 2.81. The Labute approximate surface area is 101 Å². The molecule has 1 aliphatic heterocycles. The molecule has 0 fully saturated rings. The van der Waals surface area contributed by atoms with E-state index in [0.717, 1.165) is 5.69 Å². The van der Waals surface area contributed by atoms with Crippen LogP contribution in [-0.2, 0) is 9.53 Å². The van der Waals surface area contributed by atoms with Gasteiger partial charge in [0.05, 0.1) is 35.7 Å². The van der Waals surface area contributed by atoms with E-state index in [4.69, 9.17) is 0 Å². The molecular weight excluding hydrogens is 312 g/mol. The number of ether oxygens (including phenoxy) is 1. The zero-order valence-corrected chi connectivity index (χ0v) is 10.2. The Bertz CT molecular complexity index is 410. The fraction of sp³-hybridized carbons (Fsp3) is 0.300. The fourth-order valence-electron chi connectivity index (χ4n) is 1.73. The van der Waals surface area contributed by atoms with Crippen LogP contribution in [0.15, 0.2) is 18.2 Å². The maximum atomic E-state index is 13.1. The Morgan fingerprint density at radius 3 is 3.07 bits per heavy atom. The molecule has 2 rings (SSSR count). The number of fused-ring (bicyclic) bond motifs is 1. The lowest BCUT2D eigenvalue weighted by Crippen LogP contribution is -2.18. The van der Waals surface area contributed by atoms with Crippen LogP contribution in [0.5, 0.6) is 0 Å². The van der Waals surface area contributed by atoms with Crippen LogP contribution in [0.1, 0.15) is 11.5 Å². The van der Waals surface area contributed by atoms with Gasteiger partial charge in [0.1, 0.15) is 11.7 Å². The molecule has 5 heteroatoms. The number of anilines is 1. The van der Waals surface area contributed by atoms with Gasteiger partial charge < -0.3 is 7.85 Å². The minimum absolute atomic E-state index is 0.319. The molecule has 1 aliphatic rings. The monoisotopic (exact) mass is 321 g/mol. The van der Waals surface area contributed by atoms with Crippen LogP contribution in [0.2, 0.25) is 0 Å². The molecule has 0 aliphatic carbocycles. The summed E-state index contributed by atoms with van der Waals surface area (Å²) in [5.41, 5.74) is 1.59. The van der Waals surface area contributed by atoms with Gasteiger partial charge in [-0.2, -0.15) is 0 Å². The highest BCUT2D eigenvalue weighted by Gasteiger charge is 2.33. The minimum Gasteiger partial charge on any atom is -0.468 e. The highest BCUT2D eigenvalue weighted by atomic mass is 127. The predicted molar refractivity (Wildman–Crippen MR) is 62.5 cm³/mol. The van der Waals surface area contributed by atoms with E-state index in [-0.39, 0.29) is 17.7 Å². The lowest BCUT2D eigenvalue weighted by Gasteiger charge is -2.08. The first-order valence-electron chi connectivity index (χ1n) is 4.44. The summed E-state index contributed by atoms with van der Waals surface area (Å²) in [5.74, 6) is -1.02. The summed E-state index contributed by atoms with van der Waals surface area (Å²) in [6.45, 7) is 0.534. The average Bonchev–Trinajstić information content (AvgIpc) is 2.54. The fourth-order valence-corrected chi connectivity index (χ4v) is 2.56. The highest BCUT2D eigenvalue weighted by Crippen LogP contribution is 2.39. The van der Waals surface area contributed by atoms with Crippen molar-refractivity contribution >= 4 is 34.5 Å². The Morgan fingerprint density at radius 1 is 1.67 bits per heavy atom. The van der Waals surface area contributed by atoms with Crippen molar-refractivity contribution in [1.29, 1.82) is 0 Å². The second-order valence-corrected chi connectivity index (χ2v) is 4.49. The van der Waals surface area contributed by atoms with Gasteiger partial charge in [-0.05, 0) is 23.8 Å². The molecule has 1 aromatic carbocycles. The van der Waals surface area contributed by atoms with Crippen LogP contribution in [0.4, 0.5) is 10.1 Å². The Hall–Kier alpha value is -0.850. The first kappa shape index (κ1) is 10.7. The van der Waals surface area contributed by atoms with Crippen LogP contribution in [0.3, 0.4) is 0 Å². The maximum absolute atomic E-state index is 13.1. The van der Waals surface area contributed by atoms with Crippen molar-refractivity contribution in [2.75, 3.05) is 16.8 Å². The smallest absolute Gasteiger partial charge is 0.315 e.